The second kappa shape index (κ2) is 7.79. The number of aromatic nitrogens is 1. The summed E-state index contributed by atoms with van der Waals surface area (Å²) in [5.74, 6) is 0.891. The van der Waals surface area contributed by atoms with Gasteiger partial charge < -0.3 is 14.3 Å². The van der Waals surface area contributed by atoms with Crippen LogP contribution in [0.5, 0.6) is 5.75 Å². The van der Waals surface area contributed by atoms with E-state index in [1.54, 1.807) is 38.1 Å². The number of benzene rings is 1. The summed E-state index contributed by atoms with van der Waals surface area (Å²) in [6, 6.07) is 9.33. The number of fused-ring (bicyclic) bond motifs is 1. The largest absolute Gasteiger partial charge is 0.508 e. The molecule has 30 heavy (non-hydrogen) atoms. The highest BCUT2D eigenvalue weighted by Gasteiger charge is 2.33. The molecule has 0 amide bonds. The van der Waals surface area contributed by atoms with E-state index < -0.39 is 12.0 Å². The number of rotatable bonds is 4. The third kappa shape index (κ3) is 3.50. The van der Waals surface area contributed by atoms with Crippen molar-refractivity contribution in [2.45, 2.75) is 26.8 Å². The van der Waals surface area contributed by atoms with Gasteiger partial charge in [0.2, 0.25) is 0 Å². The summed E-state index contributed by atoms with van der Waals surface area (Å²) in [4.78, 5) is 31.1. The fourth-order valence-electron chi connectivity index (χ4n) is 3.42. The van der Waals surface area contributed by atoms with Crippen LogP contribution >= 0.6 is 11.3 Å². The SMILES string of the molecule is CCOC(=O)C1=C(C)N=c2s/c(=C/c3ccc(C)o3)c(=O)n2[C@@H]1c1ccc(O)cc1. The van der Waals surface area contributed by atoms with Crippen molar-refractivity contribution in [3.05, 3.63) is 84.4 Å². The molecule has 7 nitrogen and oxygen atoms in total. The summed E-state index contributed by atoms with van der Waals surface area (Å²) in [6.07, 6.45) is 1.67. The van der Waals surface area contributed by atoms with Crippen molar-refractivity contribution < 1.29 is 19.1 Å². The summed E-state index contributed by atoms with van der Waals surface area (Å²) >= 11 is 1.23. The molecular weight excluding hydrogens is 404 g/mol. The van der Waals surface area contributed by atoms with E-state index in [9.17, 15) is 14.7 Å². The van der Waals surface area contributed by atoms with Crippen LogP contribution in [0, 0.1) is 6.92 Å². The third-order valence-electron chi connectivity index (χ3n) is 4.76. The Hall–Kier alpha value is -3.39. The molecule has 0 fully saturated rings. The predicted molar refractivity (Wildman–Crippen MR) is 112 cm³/mol. The van der Waals surface area contributed by atoms with Gasteiger partial charge in [0, 0.05) is 6.08 Å². The molecule has 4 rings (SSSR count). The number of allylic oxidation sites excluding steroid dienone is 1. The number of furan rings is 1. The minimum absolute atomic E-state index is 0.0951. The van der Waals surface area contributed by atoms with Gasteiger partial charge in [-0.15, -0.1) is 0 Å². The molecule has 0 radical (unpaired) electrons. The zero-order valence-corrected chi connectivity index (χ0v) is 17.5. The van der Waals surface area contributed by atoms with Crippen LogP contribution in [0.1, 0.15) is 37.0 Å². The van der Waals surface area contributed by atoms with Crippen molar-refractivity contribution in [3.8, 4) is 5.75 Å². The van der Waals surface area contributed by atoms with Crippen molar-refractivity contribution in [1.82, 2.24) is 4.57 Å². The maximum absolute atomic E-state index is 13.3. The smallest absolute Gasteiger partial charge is 0.338 e. The van der Waals surface area contributed by atoms with E-state index in [1.807, 2.05) is 13.0 Å². The van der Waals surface area contributed by atoms with Crippen molar-refractivity contribution in [2.24, 2.45) is 4.99 Å². The molecule has 8 heteroatoms. The van der Waals surface area contributed by atoms with Crippen LogP contribution in [0.3, 0.4) is 0 Å². The summed E-state index contributed by atoms with van der Waals surface area (Å²) in [7, 11) is 0. The maximum Gasteiger partial charge on any atom is 0.338 e. The van der Waals surface area contributed by atoms with Gasteiger partial charge in [0.1, 0.15) is 17.3 Å². The molecular formula is C22H20N2O5S. The molecule has 1 aliphatic heterocycles. The van der Waals surface area contributed by atoms with Crippen LogP contribution in [-0.4, -0.2) is 22.2 Å². The summed E-state index contributed by atoms with van der Waals surface area (Å²) in [5, 5.41) is 9.68. The lowest BCUT2D eigenvalue weighted by Crippen LogP contribution is -2.39. The molecule has 1 atom stereocenters. The van der Waals surface area contributed by atoms with Crippen molar-refractivity contribution >= 4 is 23.4 Å². The first kappa shape index (κ1) is 19.9. The van der Waals surface area contributed by atoms with Gasteiger partial charge in [0.15, 0.2) is 4.80 Å². The third-order valence-corrected chi connectivity index (χ3v) is 5.74. The van der Waals surface area contributed by atoms with Gasteiger partial charge in [-0.25, -0.2) is 9.79 Å². The van der Waals surface area contributed by atoms with Crippen LogP contribution in [0.4, 0.5) is 0 Å². The zero-order chi connectivity index (χ0) is 21.4. The lowest BCUT2D eigenvalue weighted by molar-refractivity contribution is -0.139. The number of thiazole rings is 1. The Labute approximate surface area is 175 Å². The van der Waals surface area contributed by atoms with Gasteiger partial charge in [0.25, 0.3) is 5.56 Å². The molecule has 1 aromatic carbocycles. The average Bonchev–Trinajstić information content (AvgIpc) is 3.24. The number of nitrogens with zero attached hydrogens (tertiary/aromatic N) is 2. The first-order valence-corrected chi connectivity index (χ1v) is 10.3. The molecule has 0 aliphatic carbocycles. The van der Waals surface area contributed by atoms with Crippen LogP contribution in [0.15, 0.2) is 61.9 Å². The van der Waals surface area contributed by atoms with Crippen LogP contribution < -0.4 is 14.9 Å². The highest BCUT2D eigenvalue weighted by atomic mass is 32.1. The molecule has 1 aliphatic rings. The molecule has 0 saturated carbocycles. The minimum atomic E-state index is -0.707. The van der Waals surface area contributed by atoms with Crippen LogP contribution in [0.25, 0.3) is 6.08 Å². The highest BCUT2D eigenvalue weighted by Crippen LogP contribution is 2.31. The standard InChI is InChI=1S/C22H20N2O5S/c1-4-28-21(27)18-13(3)23-22-24(19(18)14-6-8-15(25)9-7-14)20(26)17(30-22)11-16-10-5-12(2)29-16/h5-11,19,25H,4H2,1-3H3/b17-11+/t19-/m1/s1. The van der Waals surface area contributed by atoms with Gasteiger partial charge in [-0.1, -0.05) is 23.5 Å². The summed E-state index contributed by atoms with van der Waals surface area (Å²) in [5.41, 5.74) is 1.19. The second-order valence-corrected chi connectivity index (χ2v) is 7.85. The molecule has 2 aromatic heterocycles. The van der Waals surface area contributed by atoms with Crippen LogP contribution in [0.2, 0.25) is 0 Å². The molecule has 154 valence electrons. The second-order valence-electron chi connectivity index (χ2n) is 6.84. The molecule has 1 N–H and O–H groups in total. The van der Waals surface area contributed by atoms with E-state index in [2.05, 4.69) is 4.99 Å². The molecule has 3 aromatic rings. The minimum Gasteiger partial charge on any atom is -0.508 e. The number of hydrogen-bond donors (Lipinski definition) is 1. The number of hydrogen-bond acceptors (Lipinski definition) is 7. The molecule has 0 spiro atoms. The maximum atomic E-state index is 13.3. The fourth-order valence-corrected chi connectivity index (χ4v) is 4.45. The van der Waals surface area contributed by atoms with Crippen molar-refractivity contribution in [2.75, 3.05) is 6.61 Å². The first-order valence-electron chi connectivity index (χ1n) is 9.44. The van der Waals surface area contributed by atoms with Crippen LogP contribution in [-0.2, 0) is 9.53 Å². The van der Waals surface area contributed by atoms with Gasteiger partial charge in [0.05, 0.1) is 28.5 Å². The first-order chi connectivity index (χ1) is 14.4. The predicted octanol–water partition coefficient (Wildman–Crippen LogP) is 2.41. The highest BCUT2D eigenvalue weighted by molar-refractivity contribution is 7.07. The summed E-state index contributed by atoms with van der Waals surface area (Å²) in [6.45, 7) is 5.50. The Kier molecular flexibility index (Phi) is 5.17. The van der Waals surface area contributed by atoms with E-state index >= 15 is 0 Å². The van der Waals surface area contributed by atoms with Gasteiger partial charge in [-0.05, 0) is 50.6 Å². The molecule has 0 bridgehead atoms. The Morgan fingerprint density at radius 2 is 2.00 bits per heavy atom. The Bertz CT molecular complexity index is 1330. The quantitative estimate of drug-likeness (QED) is 0.649. The lowest BCUT2D eigenvalue weighted by Gasteiger charge is -2.24. The molecule has 0 unspecified atom stereocenters. The van der Waals surface area contributed by atoms with E-state index in [0.29, 0.717) is 31.9 Å². The number of phenols is 1. The van der Waals surface area contributed by atoms with E-state index in [0.717, 1.165) is 5.76 Å². The van der Waals surface area contributed by atoms with E-state index in [4.69, 9.17) is 9.15 Å². The topological polar surface area (TPSA) is 94.0 Å². The number of aryl methyl sites for hydroxylation is 1. The Morgan fingerprint density at radius 1 is 1.27 bits per heavy atom. The monoisotopic (exact) mass is 424 g/mol. The fraction of sp³-hybridized carbons (Fsp3) is 0.227. The lowest BCUT2D eigenvalue weighted by atomic mass is 9.96. The Morgan fingerprint density at radius 3 is 2.63 bits per heavy atom. The van der Waals surface area contributed by atoms with Gasteiger partial charge >= 0.3 is 5.97 Å². The van der Waals surface area contributed by atoms with E-state index in [1.165, 1.54) is 28.0 Å². The number of esters is 1. The van der Waals surface area contributed by atoms with Crippen molar-refractivity contribution in [3.63, 3.8) is 0 Å². The van der Waals surface area contributed by atoms with Crippen molar-refractivity contribution in [1.29, 1.82) is 0 Å². The number of ether oxygens (including phenoxy) is 1. The summed E-state index contributed by atoms with van der Waals surface area (Å²) < 4.78 is 12.8. The number of carbonyl (C=O) groups is 1. The van der Waals surface area contributed by atoms with E-state index in [-0.39, 0.29) is 17.9 Å². The van der Waals surface area contributed by atoms with Gasteiger partial charge in [-0.2, -0.15) is 0 Å². The molecule has 0 saturated heterocycles. The average molecular weight is 424 g/mol. The zero-order valence-electron chi connectivity index (χ0n) is 16.7. The van der Waals surface area contributed by atoms with Gasteiger partial charge in [-0.3, -0.25) is 9.36 Å². The normalized spacial score (nSPS) is 16.4. The Balaban J connectivity index is 1.96. The number of carbonyl (C=O) groups excluding carboxylic acids is 1. The number of phenolic OH excluding ortho intramolecular Hbond substituents is 1. The molecule has 3 heterocycles. The number of aromatic hydroxyl groups is 1.